The van der Waals surface area contributed by atoms with E-state index in [0.29, 0.717) is 0 Å². The van der Waals surface area contributed by atoms with E-state index in [1.807, 2.05) is 30.3 Å². The van der Waals surface area contributed by atoms with E-state index in [9.17, 15) is 14.7 Å². The maximum atomic E-state index is 15.4. The van der Waals surface area contributed by atoms with Gasteiger partial charge in [-0.2, -0.15) is 0 Å². The highest BCUT2D eigenvalue weighted by Crippen LogP contribution is 2.40. The number of fused-ring (bicyclic) bond motifs is 1. The quantitative estimate of drug-likeness (QED) is 0.882. The molecule has 1 aromatic rings. The predicted octanol–water partition coefficient (Wildman–Crippen LogP) is 1.72. The number of halogens is 1. The first-order chi connectivity index (χ1) is 11.6. The Hall–Kier alpha value is -2.15. The fourth-order valence-corrected chi connectivity index (χ4v) is 3.40. The van der Waals surface area contributed by atoms with Gasteiger partial charge in [0.05, 0.1) is 12.6 Å². The van der Waals surface area contributed by atoms with E-state index in [2.05, 4.69) is 0 Å². The maximum absolute atomic E-state index is 15.4. The molecule has 2 aliphatic rings. The highest BCUT2D eigenvalue weighted by molar-refractivity contribution is 5.86. The molecule has 0 aromatic heterocycles. The number of likely N-dealkylation sites (tertiary alicyclic amines) is 2. The van der Waals surface area contributed by atoms with Gasteiger partial charge in [-0.15, -0.1) is 0 Å². The topological polar surface area (TPSA) is 70.1 Å². The fraction of sp³-hybridized carbons (Fsp3) is 0.556. The molecule has 2 heterocycles. The zero-order valence-corrected chi connectivity index (χ0v) is 14.6. The Morgan fingerprint density at radius 3 is 2.60 bits per heavy atom. The maximum Gasteiger partial charge on any atom is 0.410 e. The Labute approximate surface area is 146 Å². The van der Waals surface area contributed by atoms with Crippen LogP contribution in [0.25, 0.3) is 0 Å². The molecule has 6 nitrogen and oxygen atoms in total. The summed E-state index contributed by atoms with van der Waals surface area (Å²) >= 11 is 0. The molecule has 0 bridgehead atoms. The standard InChI is InChI=1S/C18H23FN2O4/c1-17(2,3)25-16(24)20-10-13-18(19,11-20)14(22)15(23)21(13)9-12-7-5-4-6-8-12/h4-8,13-14,22H,9-11H2,1-3H3/t13-,14?,18-/m1/s1. The minimum atomic E-state index is -2.18. The first-order valence-corrected chi connectivity index (χ1v) is 8.31. The third-order valence-corrected chi connectivity index (χ3v) is 4.58. The zero-order chi connectivity index (χ0) is 18.4. The summed E-state index contributed by atoms with van der Waals surface area (Å²) in [7, 11) is 0. The summed E-state index contributed by atoms with van der Waals surface area (Å²) in [5.74, 6) is -0.639. The molecule has 0 saturated carbocycles. The van der Waals surface area contributed by atoms with Crippen molar-refractivity contribution in [1.29, 1.82) is 0 Å². The van der Waals surface area contributed by atoms with Gasteiger partial charge in [0.2, 0.25) is 0 Å². The van der Waals surface area contributed by atoms with E-state index < -0.39 is 35.4 Å². The first kappa shape index (κ1) is 17.7. The molecule has 1 unspecified atom stereocenters. The number of aliphatic hydroxyl groups is 1. The third-order valence-electron chi connectivity index (χ3n) is 4.58. The second-order valence-corrected chi connectivity index (χ2v) is 7.66. The van der Waals surface area contributed by atoms with Gasteiger partial charge in [0.15, 0.2) is 11.8 Å². The number of alkyl halides is 1. The van der Waals surface area contributed by atoms with Crippen molar-refractivity contribution in [3.05, 3.63) is 35.9 Å². The van der Waals surface area contributed by atoms with Gasteiger partial charge < -0.3 is 19.6 Å². The predicted molar refractivity (Wildman–Crippen MR) is 88.4 cm³/mol. The highest BCUT2D eigenvalue weighted by Gasteiger charge is 2.65. The summed E-state index contributed by atoms with van der Waals surface area (Å²) in [5, 5.41) is 10.2. The van der Waals surface area contributed by atoms with E-state index in [1.165, 1.54) is 9.80 Å². The van der Waals surface area contributed by atoms with Gasteiger partial charge in [0, 0.05) is 13.1 Å². The van der Waals surface area contributed by atoms with Gasteiger partial charge in [0.1, 0.15) is 5.60 Å². The molecular formula is C18H23FN2O4. The largest absolute Gasteiger partial charge is 0.444 e. The van der Waals surface area contributed by atoms with Crippen LogP contribution in [0.15, 0.2) is 30.3 Å². The van der Waals surface area contributed by atoms with Gasteiger partial charge >= 0.3 is 6.09 Å². The molecule has 25 heavy (non-hydrogen) atoms. The fourth-order valence-electron chi connectivity index (χ4n) is 3.40. The Morgan fingerprint density at radius 1 is 1.36 bits per heavy atom. The van der Waals surface area contributed by atoms with E-state index >= 15 is 4.39 Å². The molecule has 7 heteroatoms. The molecule has 2 amide bonds. The second-order valence-electron chi connectivity index (χ2n) is 7.66. The van der Waals surface area contributed by atoms with E-state index in [4.69, 9.17) is 4.74 Å². The molecule has 0 radical (unpaired) electrons. The first-order valence-electron chi connectivity index (χ1n) is 8.31. The van der Waals surface area contributed by atoms with Gasteiger partial charge in [-0.3, -0.25) is 4.79 Å². The minimum absolute atomic E-state index is 0.00104. The number of carbonyl (C=O) groups is 2. The molecule has 3 atom stereocenters. The Morgan fingerprint density at radius 2 is 2.00 bits per heavy atom. The summed E-state index contributed by atoms with van der Waals surface area (Å²) in [6.45, 7) is 5.02. The summed E-state index contributed by atoms with van der Waals surface area (Å²) in [5.41, 5.74) is -2.04. The smallest absolute Gasteiger partial charge is 0.410 e. The van der Waals surface area contributed by atoms with Crippen LogP contribution in [-0.2, 0) is 16.1 Å². The second kappa shape index (κ2) is 5.98. The van der Waals surface area contributed by atoms with Crippen LogP contribution in [-0.4, -0.2) is 63.4 Å². The summed E-state index contributed by atoms with van der Waals surface area (Å²) < 4.78 is 20.7. The number of nitrogens with zero attached hydrogens (tertiary/aromatic N) is 2. The molecule has 1 N–H and O–H groups in total. The lowest BCUT2D eigenvalue weighted by atomic mass is 9.98. The van der Waals surface area contributed by atoms with Crippen molar-refractivity contribution >= 4 is 12.0 Å². The molecule has 3 rings (SSSR count). The van der Waals surface area contributed by atoms with Crippen LogP contribution < -0.4 is 0 Å². The number of ether oxygens (including phenoxy) is 1. The van der Waals surface area contributed by atoms with E-state index in [1.54, 1.807) is 20.8 Å². The molecule has 136 valence electrons. The lowest BCUT2D eigenvalue weighted by molar-refractivity contribution is -0.138. The Bertz CT molecular complexity index is 675. The SMILES string of the molecule is CC(C)(C)OC(=O)N1C[C@H]2N(Cc3ccccc3)C(=O)C(O)[C@@]2(F)C1. The molecule has 1 aromatic carbocycles. The van der Waals surface area contributed by atoms with Crippen LogP contribution in [0, 0.1) is 0 Å². The highest BCUT2D eigenvalue weighted by atomic mass is 19.1. The molecule has 2 fully saturated rings. The monoisotopic (exact) mass is 350 g/mol. The van der Waals surface area contributed by atoms with Gasteiger partial charge in [-0.25, -0.2) is 9.18 Å². The number of carbonyl (C=O) groups excluding carboxylic acids is 2. The number of rotatable bonds is 2. The van der Waals surface area contributed by atoms with Gasteiger partial charge in [0.25, 0.3) is 5.91 Å². The van der Waals surface area contributed by atoms with Crippen molar-refractivity contribution in [1.82, 2.24) is 9.80 Å². The minimum Gasteiger partial charge on any atom is -0.444 e. The van der Waals surface area contributed by atoms with Crippen LogP contribution in [0.2, 0.25) is 0 Å². The van der Waals surface area contributed by atoms with E-state index in [0.717, 1.165) is 5.56 Å². The van der Waals surface area contributed by atoms with Crippen molar-refractivity contribution in [2.45, 2.75) is 50.7 Å². The normalized spacial score (nSPS) is 29.1. The summed E-state index contributed by atoms with van der Waals surface area (Å²) in [6, 6.07) is 8.29. The Kier molecular flexibility index (Phi) is 4.23. The number of aliphatic hydroxyl groups excluding tert-OH is 1. The van der Waals surface area contributed by atoms with Gasteiger partial charge in [-0.05, 0) is 26.3 Å². The zero-order valence-electron chi connectivity index (χ0n) is 14.6. The lowest BCUT2D eigenvalue weighted by Gasteiger charge is -2.26. The van der Waals surface area contributed by atoms with Crippen molar-refractivity contribution in [3.63, 3.8) is 0 Å². The van der Waals surface area contributed by atoms with Crippen molar-refractivity contribution in [2.75, 3.05) is 13.1 Å². The number of hydrogen-bond acceptors (Lipinski definition) is 4. The molecule has 2 saturated heterocycles. The Balaban J connectivity index is 1.80. The van der Waals surface area contributed by atoms with E-state index in [-0.39, 0.29) is 19.6 Å². The molecular weight excluding hydrogens is 327 g/mol. The van der Waals surface area contributed by atoms with Crippen LogP contribution >= 0.6 is 0 Å². The lowest BCUT2D eigenvalue weighted by Crippen LogP contribution is -2.45. The molecule has 0 spiro atoms. The van der Waals surface area contributed by atoms with Gasteiger partial charge in [-0.1, -0.05) is 30.3 Å². The van der Waals surface area contributed by atoms with Crippen LogP contribution in [0.4, 0.5) is 9.18 Å². The number of hydrogen-bond donors (Lipinski definition) is 1. The van der Waals surface area contributed by atoms with Crippen LogP contribution in [0.5, 0.6) is 0 Å². The number of amides is 2. The molecule has 0 aliphatic carbocycles. The van der Waals surface area contributed by atoms with Crippen molar-refractivity contribution in [3.8, 4) is 0 Å². The summed E-state index contributed by atoms with van der Waals surface area (Å²) in [4.78, 5) is 27.1. The third kappa shape index (κ3) is 3.20. The molecule has 2 aliphatic heterocycles. The average Bonchev–Trinajstić information content (AvgIpc) is 2.96. The summed E-state index contributed by atoms with van der Waals surface area (Å²) in [6.07, 6.45) is -2.41. The number of benzene rings is 1. The van der Waals surface area contributed by atoms with Crippen molar-refractivity contribution in [2.24, 2.45) is 0 Å². The van der Waals surface area contributed by atoms with Crippen molar-refractivity contribution < 1.29 is 23.8 Å². The van der Waals surface area contributed by atoms with Crippen LogP contribution in [0.1, 0.15) is 26.3 Å². The van der Waals surface area contributed by atoms with Crippen LogP contribution in [0.3, 0.4) is 0 Å². The average molecular weight is 350 g/mol.